The quantitative estimate of drug-likeness (QED) is 0.620. The van der Waals surface area contributed by atoms with Crippen molar-refractivity contribution in [2.75, 3.05) is 13.2 Å². The molecular weight excluding hydrogens is 224 g/mol. The van der Waals surface area contributed by atoms with E-state index in [0.29, 0.717) is 12.4 Å². The number of nitrogens with zero attached hydrogens (tertiary/aromatic N) is 3. The number of hydrogen-bond acceptors (Lipinski definition) is 5. The summed E-state index contributed by atoms with van der Waals surface area (Å²) in [5, 5.41) is 14.1. The molecule has 2 heterocycles. The molecule has 0 spiro atoms. The molecule has 1 aliphatic heterocycles. The normalized spacial score (nSPS) is 19.5. The van der Waals surface area contributed by atoms with Gasteiger partial charge in [-0.3, -0.25) is 4.57 Å². The number of imidazole rings is 1. The van der Waals surface area contributed by atoms with Crippen LogP contribution in [0.5, 0.6) is 5.88 Å². The predicted molar refractivity (Wildman–Crippen MR) is 61.1 cm³/mol. The Morgan fingerprint density at radius 2 is 2.47 bits per heavy atom. The van der Waals surface area contributed by atoms with Gasteiger partial charge < -0.3 is 20.2 Å². The first-order valence-electron chi connectivity index (χ1n) is 5.63. The molecule has 1 aromatic heterocycles. The Kier molecular flexibility index (Phi) is 3.28. The van der Waals surface area contributed by atoms with Crippen LogP contribution in [0, 0.1) is 17.0 Å². The van der Waals surface area contributed by atoms with Gasteiger partial charge in [0.25, 0.3) is 5.88 Å². The monoisotopic (exact) mass is 240 g/mol. The summed E-state index contributed by atoms with van der Waals surface area (Å²) in [6.45, 7) is 3.15. The van der Waals surface area contributed by atoms with E-state index in [-0.39, 0.29) is 17.7 Å². The first-order chi connectivity index (χ1) is 8.09. The fraction of sp³-hybridized carbons (Fsp3) is 0.700. The molecule has 1 unspecified atom stereocenters. The van der Waals surface area contributed by atoms with Crippen LogP contribution in [0.2, 0.25) is 0 Å². The first-order valence-corrected chi connectivity index (χ1v) is 5.63. The van der Waals surface area contributed by atoms with Crippen molar-refractivity contribution >= 4 is 5.82 Å². The molecule has 0 aromatic carbocycles. The maximum atomic E-state index is 10.8. The van der Waals surface area contributed by atoms with Crippen molar-refractivity contribution in [3.05, 3.63) is 15.9 Å². The molecule has 7 heteroatoms. The van der Waals surface area contributed by atoms with Gasteiger partial charge in [-0.05, 0) is 29.3 Å². The van der Waals surface area contributed by atoms with Gasteiger partial charge in [-0.1, -0.05) is 0 Å². The van der Waals surface area contributed by atoms with Crippen LogP contribution in [0.1, 0.15) is 18.7 Å². The van der Waals surface area contributed by atoms with Crippen molar-refractivity contribution in [1.29, 1.82) is 0 Å². The van der Waals surface area contributed by atoms with E-state index < -0.39 is 4.92 Å². The lowest BCUT2D eigenvalue weighted by atomic mass is 10.2. The zero-order valence-electron chi connectivity index (χ0n) is 9.97. The summed E-state index contributed by atoms with van der Waals surface area (Å²) in [7, 11) is 1.72. The van der Waals surface area contributed by atoms with E-state index in [9.17, 15) is 10.1 Å². The molecule has 0 saturated carbocycles. The topological polar surface area (TPSA) is 82.2 Å². The number of aromatic nitrogens is 2. The van der Waals surface area contributed by atoms with E-state index >= 15 is 0 Å². The summed E-state index contributed by atoms with van der Waals surface area (Å²) in [5.74, 6) is 0.607. The standard InChI is InChI=1S/C10H16N4O3/c1-7-12-9(14(15)16)10(13(7)2)17-6-8-4-3-5-11-8/h8,11H,3-6H2,1-2H3. The average molecular weight is 240 g/mol. The fourth-order valence-corrected chi connectivity index (χ4v) is 1.93. The van der Waals surface area contributed by atoms with Gasteiger partial charge >= 0.3 is 5.82 Å². The third-order valence-electron chi connectivity index (χ3n) is 3.01. The van der Waals surface area contributed by atoms with Gasteiger partial charge in [0.2, 0.25) is 5.82 Å². The minimum absolute atomic E-state index is 0.206. The second kappa shape index (κ2) is 4.70. The van der Waals surface area contributed by atoms with Crippen molar-refractivity contribution in [3.8, 4) is 5.88 Å². The summed E-state index contributed by atoms with van der Waals surface area (Å²) in [6.07, 6.45) is 2.17. The molecule has 1 atom stereocenters. The zero-order valence-corrected chi connectivity index (χ0v) is 9.97. The molecule has 1 saturated heterocycles. The van der Waals surface area contributed by atoms with E-state index in [1.807, 2.05) is 0 Å². The van der Waals surface area contributed by atoms with Gasteiger partial charge in [-0.25, -0.2) is 0 Å². The minimum Gasteiger partial charge on any atom is -0.471 e. The molecule has 1 aliphatic rings. The molecule has 1 fully saturated rings. The highest BCUT2D eigenvalue weighted by molar-refractivity contribution is 5.36. The van der Waals surface area contributed by atoms with Gasteiger partial charge in [0.15, 0.2) is 0 Å². The number of nitrogens with one attached hydrogen (secondary N) is 1. The molecule has 0 aliphatic carbocycles. The van der Waals surface area contributed by atoms with Crippen molar-refractivity contribution in [2.24, 2.45) is 7.05 Å². The van der Waals surface area contributed by atoms with Crippen LogP contribution < -0.4 is 10.1 Å². The lowest BCUT2D eigenvalue weighted by Crippen LogP contribution is -2.28. The number of ether oxygens (including phenoxy) is 1. The molecule has 1 N–H and O–H groups in total. The SMILES string of the molecule is Cc1nc([N+](=O)[O-])c(OCC2CCCN2)n1C. The average Bonchev–Trinajstić information content (AvgIpc) is 2.87. The molecule has 1 aromatic rings. The zero-order chi connectivity index (χ0) is 12.4. The van der Waals surface area contributed by atoms with Crippen LogP contribution in [0.3, 0.4) is 0 Å². The highest BCUT2D eigenvalue weighted by Crippen LogP contribution is 2.26. The minimum atomic E-state index is -0.510. The Balaban J connectivity index is 2.10. The summed E-state index contributed by atoms with van der Waals surface area (Å²) >= 11 is 0. The molecule has 94 valence electrons. The number of hydrogen-bond donors (Lipinski definition) is 1. The molecule has 2 rings (SSSR count). The molecule has 0 amide bonds. The smallest absolute Gasteiger partial charge is 0.426 e. The lowest BCUT2D eigenvalue weighted by molar-refractivity contribution is -0.390. The van der Waals surface area contributed by atoms with Crippen molar-refractivity contribution in [1.82, 2.24) is 14.9 Å². The maximum absolute atomic E-state index is 10.8. The van der Waals surface area contributed by atoms with Gasteiger partial charge in [0.05, 0.1) is 0 Å². The van der Waals surface area contributed by atoms with Gasteiger partial charge in [0.1, 0.15) is 6.61 Å². The van der Waals surface area contributed by atoms with Gasteiger partial charge in [-0.15, -0.1) is 0 Å². The first kappa shape index (κ1) is 11.8. The number of aryl methyl sites for hydroxylation is 1. The van der Waals surface area contributed by atoms with E-state index in [4.69, 9.17) is 4.74 Å². The summed E-state index contributed by atoms with van der Waals surface area (Å²) in [4.78, 5) is 14.2. The molecule has 0 bridgehead atoms. The lowest BCUT2D eigenvalue weighted by Gasteiger charge is -2.11. The van der Waals surface area contributed by atoms with Crippen LogP contribution >= 0.6 is 0 Å². The number of rotatable bonds is 4. The van der Waals surface area contributed by atoms with Crippen LogP contribution in [-0.4, -0.2) is 33.7 Å². The Morgan fingerprint density at radius 1 is 1.71 bits per heavy atom. The van der Waals surface area contributed by atoms with E-state index in [0.717, 1.165) is 19.4 Å². The second-order valence-corrected chi connectivity index (χ2v) is 4.21. The fourth-order valence-electron chi connectivity index (χ4n) is 1.93. The van der Waals surface area contributed by atoms with Crippen molar-refractivity contribution in [2.45, 2.75) is 25.8 Å². The van der Waals surface area contributed by atoms with E-state index in [2.05, 4.69) is 10.3 Å². The van der Waals surface area contributed by atoms with Gasteiger partial charge in [0, 0.05) is 20.0 Å². The predicted octanol–water partition coefficient (Wildman–Crippen LogP) is 0.768. The van der Waals surface area contributed by atoms with E-state index in [1.165, 1.54) is 0 Å². The molecule has 17 heavy (non-hydrogen) atoms. The third kappa shape index (κ3) is 2.38. The molecular formula is C10H16N4O3. The number of nitro groups is 1. The van der Waals surface area contributed by atoms with E-state index in [1.54, 1.807) is 18.5 Å². The van der Waals surface area contributed by atoms with Crippen molar-refractivity contribution in [3.63, 3.8) is 0 Å². The highest BCUT2D eigenvalue weighted by atomic mass is 16.6. The Labute approximate surface area is 98.9 Å². The molecule has 0 radical (unpaired) electrons. The summed E-state index contributed by atoms with van der Waals surface area (Å²) in [5.41, 5.74) is 0. The second-order valence-electron chi connectivity index (χ2n) is 4.21. The van der Waals surface area contributed by atoms with Crippen molar-refractivity contribution < 1.29 is 9.66 Å². The van der Waals surface area contributed by atoms with Crippen LogP contribution in [-0.2, 0) is 7.05 Å². The third-order valence-corrected chi connectivity index (χ3v) is 3.01. The largest absolute Gasteiger partial charge is 0.471 e. The maximum Gasteiger partial charge on any atom is 0.426 e. The highest BCUT2D eigenvalue weighted by Gasteiger charge is 2.26. The Morgan fingerprint density at radius 3 is 3.06 bits per heavy atom. The van der Waals surface area contributed by atoms with Crippen LogP contribution in [0.15, 0.2) is 0 Å². The van der Waals surface area contributed by atoms with Crippen LogP contribution in [0.4, 0.5) is 5.82 Å². The molecule has 7 nitrogen and oxygen atoms in total. The summed E-state index contributed by atoms with van der Waals surface area (Å²) in [6, 6.07) is 0.282. The summed E-state index contributed by atoms with van der Waals surface area (Å²) < 4.78 is 7.13. The van der Waals surface area contributed by atoms with Crippen LogP contribution in [0.25, 0.3) is 0 Å². The Hall–Kier alpha value is -1.63. The Bertz CT molecular complexity index is 423. The van der Waals surface area contributed by atoms with Gasteiger partial charge in [-0.2, -0.15) is 0 Å².